The molecule has 0 aliphatic carbocycles. The van der Waals surface area contributed by atoms with Crippen LogP contribution in [0.25, 0.3) is 0 Å². The summed E-state index contributed by atoms with van der Waals surface area (Å²) < 4.78 is 0.177. The monoisotopic (exact) mass is 278 g/mol. The van der Waals surface area contributed by atoms with Gasteiger partial charge in [-0.2, -0.15) is 17.0 Å². The van der Waals surface area contributed by atoms with Gasteiger partial charge in [0.1, 0.15) is 11.9 Å². The molecule has 6 nitrogen and oxygen atoms in total. The van der Waals surface area contributed by atoms with Crippen LogP contribution < -0.4 is 5.32 Å². The Morgan fingerprint density at radius 2 is 2.47 bits per heavy atom. The van der Waals surface area contributed by atoms with Gasteiger partial charge in [-0.3, -0.25) is 10.1 Å². The molecule has 1 aliphatic rings. The van der Waals surface area contributed by atoms with Crippen LogP contribution in [-0.2, 0) is 0 Å². The van der Waals surface area contributed by atoms with Gasteiger partial charge in [-0.1, -0.05) is 0 Å². The minimum atomic E-state index is -0.594. The highest BCUT2D eigenvalue weighted by atomic mass is 32.2. The van der Waals surface area contributed by atoms with E-state index in [1.807, 2.05) is 11.8 Å². The number of rotatable bonds is 4. The minimum absolute atomic E-state index is 0.153. The van der Waals surface area contributed by atoms with E-state index in [1.54, 1.807) is 12.1 Å². The normalized spacial score (nSPS) is 21.9. The Labute approximate surface area is 115 Å². The van der Waals surface area contributed by atoms with Crippen molar-refractivity contribution in [3.63, 3.8) is 0 Å². The van der Waals surface area contributed by atoms with E-state index in [4.69, 9.17) is 5.26 Å². The highest BCUT2D eigenvalue weighted by Gasteiger charge is 2.29. The lowest BCUT2D eigenvalue weighted by Crippen LogP contribution is -2.27. The van der Waals surface area contributed by atoms with Gasteiger partial charge in [-0.05, 0) is 31.6 Å². The molecule has 7 heteroatoms. The molecular formula is C12H14N4O2S. The zero-order chi connectivity index (χ0) is 13.9. The SMILES string of the molecule is CC1(CNc2ccc([N+](=O)[O-])c(C#N)n2)CCCS1. The molecule has 0 amide bonds. The first-order valence-electron chi connectivity index (χ1n) is 5.97. The number of nitriles is 1. The van der Waals surface area contributed by atoms with Crippen molar-refractivity contribution in [2.24, 2.45) is 0 Å². The number of anilines is 1. The molecule has 2 rings (SSSR count). The fourth-order valence-electron chi connectivity index (χ4n) is 2.03. The smallest absolute Gasteiger partial charge is 0.305 e. The van der Waals surface area contributed by atoms with Crippen LogP contribution in [-0.4, -0.2) is 27.0 Å². The summed E-state index contributed by atoms with van der Waals surface area (Å²) in [7, 11) is 0. The zero-order valence-electron chi connectivity index (χ0n) is 10.5. The highest BCUT2D eigenvalue weighted by Crippen LogP contribution is 2.37. The Hall–Kier alpha value is -1.81. The maximum absolute atomic E-state index is 10.7. The van der Waals surface area contributed by atoms with Crippen LogP contribution in [0.2, 0.25) is 0 Å². The molecule has 1 saturated heterocycles. The van der Waals surface area contributed by atoms with Gasteiger partial charge in [0.25, 0.3) is 0 Å². The summed E-state index contributed by atoms with van der Waals surface area (Å²) in [6, 6.07) is 4.62. The van der Waals surface area contributed by atoms with Gasteiger partial charge < -0.3 is 5.32 Å². The molecule has 1 aromatic rings. The van der Waals surface area contributed by atoms with Crippen molar-refractivity contribution in [3.8, 4) is 6.07 Å². The van der Waals surface area contributed by atoms with Crippen LogP contribution in [0.15, 0.2) is 12.1 Å². The van der Waals surface area contributed by atoms with Gasteiger partial charge in [0.15, 0.2) is 0 Å². The molecule has 0 bridgehead atoms. The van der Waals surface area contributed by atoms with Crippen molar-refractivity contribution in [2.75, 3.05) is 17.6 Å². The lowest BCUT2D eigenvalue weighted by atomic mass is 10.1. The van der Waals surface area contributed by atoms with Crippen molar-refractivity contribution in [1.29, 1.82) is 5.26 Å². The summed E-state index contributed by atoms with van der Waals surface area (Å²) in [5.41, 5.74) is -0.409. The van der Waals surface area contributed by atoms with Crippen LogP contribution in [0.1, 0.15) is 25.5 Å². The number of nitro groups is 1. The first-order chi connectivity index (χ1) is 9.04. The molecule has 2 heterocycles. The van der Waals surface area contributed by atoms with Crippen LogP contribution in [0, 0.1) is 21.4 Å². The van der Waals surface area contributed by atoms with Crippen molar-refractivity contribution in [1.82, 2.24) is 4.98 Å². The van der Waals surface area contributed by atoms with Crippen LogP contribution in [0.5, 0.6) is 0 Å². The van der Waals surface area contributed by atoms with E-state index in [1.165, 1.54) is 12.5 Å². The van der Waals surface area contributed by atoms with E-state index >= 15 is 0 Å². The van der Waals surface area contributed by atoms with Crippen molar-refractivity contribution >= 4 is 23.3 Å². The van der Waals surface area contributed by atoms with Gasteiger partial charge in [-0.25, -0.2) is 4.98 Å². The number of pyridine rings is 1. The van der Waals surface area contributed by atoms with Gasteiger partial charge in [0, 0.05) is 17.4 Å². The summed E-state index contributed by atoms with van der Waals surface area (Å²) in [4.78, 5) is 14.1. The lowest BCUT2D eigenvalue weighted by molar-refractivity contribution is -0.385. The fraction of sp³-hybridized carbons (Fsp3) is 0.500. The Morgan fingerprint density at radius 3 is 3.05 bits per heavy atom. The molecule has 1 N–H and O–H groups in total. The first-order valence-corrected chi connectivity index (χ1v) is 6.96. The number of thioether (sulfide) groups is 1. The fourth-order valence-corrected chi connectivity index (χ4v) is 3.28. The van der Waals surface area contributed by atoms with Gasteiger partial charge in [-0.15, -0.1) is 0 Å². The average Bonchev–Trinajstić information content (AvgIpc) is 2.83. The third kappa shape index (κ3) is 3.15. The van der Waals surface area contributed by atoms with E-state index < -0.39 is 4.92 Å². The second-order valence-electron chi connectivity index (χ2n) is 4.69. The first kappa shape index (κ1) is 13.6. The van der Waals surface area contributed by atoms with E-state index in [2.05, 4.69) is 17.2 Å². The molecule has 0 aromatic carbocycles. The summed E-state index contributed by atoms with van der Waals surface area (Å²) in [6.07, 6.45) is 2.35. The minimum Gasteiger partial charge on any atom is -0.369 e. The van der Waals surface area contributed by atoms with E-state index in [9.17, 15) is 10.1 Å². The van der Waals surface area contributed by atoms with Gasteiger partial charge in [0.2, 0.25) is 5.69 Å². The van der Waals surface area contributed by atoms with Crippen LogP contribution >= 0.6 is 11.8 Å². The predicted octanol–water partition coefficient (Wildman–Crippen LogP) is 2.56. The second kappa shape index (κ2) is 5.45. The third-order valence-corrected chi connectivity index (χ3v) is 4.66. The predicted molar refractivity (Wildman–Crippen MR) is 74.2 cm³/mol. The Balaban J connectivity index is 2.09. The quantitative estimate of drug-likeness (QED) is 0.672. The standard InChI is InChI=1S/C12H14N4O2S/c1-12(5-2-6-19-12)8-14-11-4-3-10(16(17)18)9(7-13)15-11/h3-4H,2,5-6,8H2,1H3,(H,14,15). The number of nitrogens with one attached hydrogen (secondary N) is 1. The molecule has 0 radical (unpaired) electrons. The summed E-state index contributed by atoms with van der Waals surface area (Å²) in [5.74, 6) is 1.67. The highest BCUT2D eigenvalue weighted by molar-refractivity contribution is 8.00. The molecule has 0 spiro atoms. The van der Waals surface area contributed by atoms with Crippen molar-refractivity contribution < 1.29 is 4.92 Å². The van der Waals surface area contributed by atoms with Crippen LogP contribution in [0.3, 0.4) is 0 Å². The number of hydrogen-bond donors (Lipinski definition) is 1. The Kier molecular flexibility index (Phi) is 3.90. The largest absolute Gasteiger partial charge is 0.369 e. The molecular weight excluding hydrogens is 264 g/mol. The third-order valence-electron chi connectivity index (χ3n) is 3.12. The van der Waals surface area contributed by atoms with E-state index in [0.29, 0.717) is 5.82 Å². The van der Waals surface area contributed by atoms with Gasteiger partial charge in [0.05, 0.1) is 4.92 Å². The van der Waals surface area contributed by atoms with Gasteiger partial charge >= 0.3 is 5.69 Å². The molecule has 1 aromatic heterocycles. The summed E-state index contributed by atoms with van der Waals surface area (Å²) in [5, 5.41) is 22.7. The van der Waals surface area contributed by atoms with E-state index in [-0.39, 0.29) is 16.1 Å². The molecule has 0 saturated carbocycles. The lowest BCUT2D eigenvalue weighted by Gasteiger charge is -2.23. The molecule has 1 aliphatic heterocycles. The Morgan fingerprint density at radius 1 is 1.68 bits per heavy atom. The van der Waals surface area contributed by atoms with Crippen LogP contribution in [0.4, 0.5) is 11.5 Å². The number of nitrogens with zero attached hydrogens (tertiary/aromatic N) is 3. The zero-order valence-corrected chi connectivity index (χ0v) is 11.4. The average molecular weight is 278 g/mol. The summed E-state index contributed by atoms with van der Waals surface area (Å²) in [6.45, 7) is 2.93. The Bertz CT molecular complexity index is 535. The summed E-state index contributed by atoms with van der Waals surface area (Å²) >= 11 is 1.92. The van der Waals surface area contributed by atoms with Crippen molar-refractivity contribution in [2.45, 2.75) is 24.5 Å². The second-order valence-corrected chi connectivity index (χ2v) is 6.37. The molecule has 1 fully saturated rings. The van der Waals surface area contributed by atoms with E-state index in [0.717, 1.165) is 18.7 Å². The molecule has 19 heavy (non-hydrogen) atoms. The molecule has 1 atom stereocenters. The molecule has 100 valence electrons. The molecule has 1 unspecified atom stereocenters. The maximum atomic E-state index is 10.7. The maximum Gasteiger partial charge on any atom is 0.305 e. The number of hydrogen-bond acceptors (Lipinski definition) is 6. The van der Waals surface area contributed by atoms with Crippen molar-refractivity contribution in [3.05, 3.63) is 27.9 Å². The number of aromatic nitrogens is 1. The topological polar surface area (TPSA) is 91.9 Å².